The molecule has 0 heterocycles. The van der Waals surface area contributed by atoms with E-state index in [0.29, 0.717) is 11.6 Å². The van der Waals surface area contributed by atoms with Crippen molar-refractivity contribution in [2.45, 2.75) is 58.2 Å². The molecular weight excluding hydrogens is 444 g/mol. The summed E-state index contributed by atoms with van der Waals surface area (Å²) < 4.78 is 0. The van der Waals surface area contributed by atoms with Gasteiger partial charge in [-0.2, -0.15) is 0 Å². The van der Waals surface area contributed by atoms with Crippen LogP contribution in [-0.4, -0.2) is 28.3 Å². The lowest BCUT2D eigenvalue weighted by Gasteiger charge is -2.32. The van der Waals surface area contributed by atoms with Gasteiger partial charge in [-0.25, -0.2) is 0 Å². The predicted molar refractivity (Wildman–Crippen MR) is 139 cm³/mol. The lowest BCUT2D eigenvalue weighted by atomic mass is 9.88. The first-order chi connectivity index (χ1) is 16.1. The molecule has 1 N–H and O–H groups in total. The number of hydrogen-bond donors (Lipinski definition) is 1. The number of amides is 2. The average molecular weight is 477 g/mol. The Kier molecular flexibility index (Phi) is 8.51. The summed E-state index contributed by atoms with van der Waals surface area (Å²) in [6, 6.07) is 26.8. The van der Waals surface area contributed by atoms with Crippen LogP contribution < -0.4 is 5.32 Å². The van der Waals surface area contributed by atoms with Crippen molar-refractivity contribution in [3.05, 3.63) is 107 Å². The number of halogens is 1. The topological polar surface area (TPSA) is 49.4 Å². The summed E-state index contributed by atoms with van der Waals surface area (Å²) in [5.41, 5.74) is 2.62. The molecule has 0 aliphatic rings. The van der Waals surface area contributed by atoms with Gasteiger partial charge in [0.1, 0.15) is 6.04 Å². The number of hydrogen-bond acceptors (Lipinski definition) is 2. The molecule has 0 aliphatic carbocycles. The van der Waals surface area contributed by atoms with Crippen LogP contribution in [0.5, 0.6) is 0 Å². The van der Waals surface area contributed by atoms with Crippen molar-refractivity contribution in [3.63, 3.8) is 0 Å². The number of benzene rings is 3. The van der Waals surface area contributed by atoms with E-state index in [2.05, 4.69) is 5.32 Å². The molecular formula is C29H33ClN2O2. The fourth-order valence-corrected chi connectivity index (χ4v) is 4.19. The highest BCUT2D eigenvalue weighted by atomic mass is 35.5. The Morgan fingerprint density at radius 2 is 1.44 bits per heavy atom. The van der Waals surface area contributed by atoms with Crippen LogP contribution in [0.15, 0.2) is 84.9 Å². The van der Waals surface area contributed by atoms with E-state index in [1.165, 1.54) is 0 Å². The molecule has 34 heavy (non-hydrogen) atoms. The van der Waals surface area contributed by atoms with Gasteiger partial charge in [-0.15, -0.1) is 0 Å². The van der Waals surface area contributed by atoms with E-state index >= 15 is 0 Å². The third-order valence-corrected chi connectivity index (χ3v) is 5.93. The minimum absolute atomic E-state index is 0.0887. The molecule has 178 valence electrons. The van der Waals surface area contributed by atoms with E-state index < -0.39 is 11.6 Å². The highest BCUT2D eigenvalue weighted by Gasteiger charge is 2.30. The third-order valence-electron chi connectivity index (χ3n) is 5.69. The van der Waals surface area contributed by atoms with Crippen LogP contribution >= 0.6 is 11.6 Å². The summed E-state index contributed by atoms with van der Waals surface area (Å²) in [4.78, 5) is 28.5. The van der Waals surface area contributed by atoms with Crippen molar-refractivity contribution in [1.29, 1.82) is 0 Å². The van der Waals surface area contributed by atoms with Crippen LogP contribution in [0.4, 0.5) is 0 Å². The number of rotatable bonds is 8. The molecule has 2 amide bonds. The second kappa shape index (κ2) is 11.3. The lowest BCUT2D eigenvalue weighted by molar-refractivity contribution is -0.141. The molecule has 0 aromatic heterocycles. The molecule has 0 radical (unpaired) electrons. The third kappa shape index (κ3) is 7.19. The van der Waals surface area contributed by atoms with Gasteiger partial charge in [-0.05, 0) is 56.5 Å². The smallest absolute Gasteiger partial charge is 0.242 e. The standard InChI is InChI=1S/C29H33ClN2O2/c1-21(28(34)31-29(2,3)4)32(20-22-12-11-17-25(30)18-22)27(33)19-26(23-13-7-5-8-14-23)24-15-9-6-10-16-24/h5-18,21,26H,19-20H2,1-4H3,(H,31,34)/t21-/m0/s1. The van der Waals surface area contributed by atoms with Gasteiger partial charge in [0.15, 0.2) is 0 Å². The van der Waals surface area contributed by atoms with Gasteiger partial charge in [0.05, 0.1) is 0 Å². The molecule has 0 bridgehead atoms. The fraction of sp³-hybridized carbons (Fsp3) is 0.310. The zero-order chi connectivity index (χ0) is 24.7. The minimum atomic E-state index is -0.641. The minimum Gasteiger partial charge on any atom is -0.350 e. The highest BCUT2D eigenvalue weighted by Crippen LogP contribution is 2.29. The van der Waals surface area contributed by atoms with E-state index in [1.807, 2.05) is 99.6 Å². The van der Waals surface area contributed by atoms with Gasteiger partial charge in [-0.1, -0.05) is 84.4 Å². The second-order valence-corrected chi connectivity index (χ2v) is 10.1. The van der Waals surface area contributed by atoms with Crippen molar-refractivity contribution in [1.82, 2.24) is 10.2 Å². The summed E-state index contributed by atoms with van der Waals surface area (Å²) in [6.45, 7) is 7.88. The van der Waals surface area contributed by atoms with Gasteiger partial charge in [0.2, 0.25) is 11.8 Å². The van der Waals surface area contributed by atoms with Crippen LogP contribution in [0.25, 0.3) is 0 Å². The van der Waals surface area contributed by atoms with Crippen LogP contribution in [0.2, 0.25) is 5.02 Å². The van der Waals surface area contributed by atoms with Crippen molar-refractivity contribution in [2.75, 3.05) is 0 Å². The van der Waals surface area contributed by atoms with Gasteiger partial charge in [0, 0.05) is 29.4 Å². The molecule has 3 rings (SSSR count). The summed E-state index contributed by atoms with van der Waals surface area (Å²) >= 11 is 6.20. The molecule has 4 nitrogen and oxygen atoms in total. The molecule has 0 unspecified atom stereocenters. The summed E-state index contributed by atoms with van der Waals surface area (Å²) in [5.74, 6) is -0.386. The van der Waals surface area contributed by atoms with Crippen LogP contribution in [0.1, 0.15) is 56.7 Å². The van der Waals surface area contributed by atoms with Gasteiger partial charge < -0.3 is 10.2 Å². The Balaban J connectivity index is 1.93. The fourth-order valence-electron chi connectivity index (χ4n) is 3.98. The maximum atomic E-state index is 13.8. The monoisotopic (exact) mass is 476 g/mol. The zero-order valence-electron chi connectivity index (χ0n) is 20.3. The van der Waals surface area contributed by atoms with E-state index in [-0.39, 0.29) is 24.2 Å². The summed E-state index contributed by atoms with van der Waals surface area (Å²) in [5, 5.41) is 3.61. The SMILES string of the molecule is C[C@@H](C(=O)NC(C)(C)C)N(Cc1cccc(Cl)c1)C(=O)CC(c1ccccc1)c1ccccc1. The molecule has 0 saturated heterocycles. The Morgan fingerprint density at radius 1 is 0.882 bits per heavy atom. The first-order valence-corrected chi connectivity index (χ1v) is 12.0. The number of nitrogens with zero attached hydrogens (tertiary/aromatic N) is 1. The molecule has 3 aromatic carbocycles. The van der Waals surface area contributed by atoms with E-state index in [9.17, 15) is 9.59 Å². The van der Waals surface area contributed by atoms with E-state index in [1.54, 1.807) is 17.9 Å². The zero-order valence-corrected chi connectivity index (χ0v) is 21.0. The number of carbonyl (C=O) groups excluding carboxylic acids is 2. The largest absolute Gasteiger partial charge is 0.350 e. The predicted octanol–water partition coefficient (Wildman–Crippen LogP) is 6.19. The van der Waals surface area contributed by atoms with Crippen molar-refractivity contribution in [2.24, 2.45) is 0 Å². The van der Waals surface area contributed by atoms with Crippen molar-refractivity contribution < 1.29 is 9.59 Å². The Bertz CT molecular complexity index is 1050. The van der Waals surface area contributed by atoms with Crippen LogP contribution in [0, 0.1) is 0 Å². The maximum Gasteiger partial charge on any atom is 0.242 e. The highest BCUT2D eigenvalue weighted by molar-refractivity contribution is 6.30. The normalized spacial score (nSPS) is 12.3. The van der Waals surface area contributed by atoms with Crippen molar-refractivity contribution in [3.8, 4) is 0 Å². The van der Waals surface area contributed by atoms with E-state index in [4.69, 9.17) is 11.6 Å². The molecule has 0 aliphatic heterocycles. The van der Waals surface area contributed by atoms with Gasteiger partial charge >= 0.3 is 0 Å². The Hall–Kier alpha value is -3.11. The molecule has 3 aromatic rings. The first-order valence-electron chi connectivity index (χ1n) is 11.6. The van der Waals surface area contributed by atoms with Crippen molar-refractivity contribution >= 4 is 23.4 Å². The average Bonchev–Trinajstić information content (AvgIpc) is 2.80. The van der Waals surface area contributed by atoms with Gasteiger partial charge in [-0.3, -0.25) is 9.59 Å². The Labute approximate surface area is 207 Å². The maximum absolute atomic E-state index is 13.8. The van der Waals surface area contributed by atoms with Crippen LogP contribution in [-0.2, 0) is 16.1 Å². The van der Waals surface area contributed by atoms with Gasteiger partial charge in [0.25, 0.3) is 0 Å². The summed E-state index contributed by atoms with van der Waals surface area (Å²) in [7, 11) is 0. The second-order valence-electron chi connectivity index (χ2n) is 9.64. The molecule has 1 atom stereocenters. The quantitative estimate of drug-likeness (QED) is 0.421. The molecule has 0 fully saturated rings. The van der Waals surface area contributed by atoms with E-state index in [0.717, 1.165) is 16.7 Å². The molecule has 0 saturated carbocycles. The number of nitrogens with one attached hydrogen (secondary N) is 1. The lowest BCUT2D eigenvalue weighted by Crippen LogP contribution is -2.52. The Morgan fingerprint density at radius 3 is 1.94 bits per heavy atom. The summed E-state index contributed by atoms with van der Waals surface area (Å²) in [6.07, 6.45) is 0.252. The molecule has 0 spiro atoms. The number of carbonyl (C=O) groups is 2. The molecule has 5 heteroatoms. The van der Waals surface area contributed by atoms with Crippen LogP contribution in [0.3, 0.4) is 0 Å². The first kappa shape index (κ1) is 25.5.